The Hall–Kier alpha value is -2.53. The van der Waals surface area contributed by atoms with Crippen LogP contribution in [0.15, 0.2) is 59.6 Å². The van der Waals surface area contributed by atoms with Crippen LogP contribution >= 0.6 is 11.8 Å². The molecule has 1 aliphatic rings. The van der Waals surface area contributed by atoms with E-state index in [4.69, 9.17) is 14.5 Å². The lowest BCUT2D eigenvalue weighted by Crippen LogP contribution is -2.09. The smallest absolute Gasteiger partial charge is 0.319 e. The van der Waals surface area contributed by atoms with E-state index in [0.717, 1.165) is 39.2 Å². The molecule has 0 amide bonds. The number of ether oxygens (including phenoxy) is 2. The number of rotatable bonds is 4. The predicted molar refractivity (Wildman–Crippen MR) is 99.0 cm³/mol. The Morgan fingerprint density at radius 2 is 2.00 bits per heavy atom. The molecule has 4 nitrogen and oxygen atoms in total. The lowest BCUT2D eigenvalue weighted by molar-refractivity contribution is -0.137. The van der Waals surface area contributed by atoms with Crippen LogP contribution in [0.4, 0.5) is 0 Å². The van der Waals surface area contributed by atoms with E-state index in [-0.39, 0.29) is 11.2 Å². The molecule has 4 rings (SSSR count). The van der Waals surface area contributed by atoms with Crippen molar-refractivity contribution < 1.29 is 14.3 Å². The van der Waals surface area contributed by atoms with E-state index < -0.39 is 0 Å². The van der Waals surface area contributed by atoms with Crippen LogP contribution < -0.4 is 4.74 Å². The van der Waals surface area contributed by atoms with Gasteiger partial charge in [0.15, 0.2) is 0 Å². The molecule has 1 aromatic heterocycles. The minimum Gasteiger partial charge on any atom is -0.497 e. The molecule has 126 valence electrons. The van der Waals surface area contributed by atoms with Gasteiger partial charge in [-0.3, -0.25) is 4.79 Å². The molecule has 5 heteroatoms. The van der Waals surface area contributed by atoms with E-state index in [2.05, 4.69) is 18.2 Å². The van der Waals surface area contributed by atoms with E-state index in [1.54, 1.807) is 7.11 Å². The number of methoxy groups -OCH3 is 1. The number of carbonyl (C=O) groups is 1. The van der Waals surface area contributed by atoms with E-state index >= 15 is 0 Å². The van der Waals surface area contributed by atoms with E-state index in [0.29, 0.717) is 6.61 Å². The number of carbonyl (C=O) groups excluding carboxylic acids is 1. The number of esters is 1. The molecule has 0 saturated carbocycles. The quantitative estimate of drug-likeness (QED) is 0.655. The molecular formula is C20H17NO3S. The molecule has 25 heavy (non-hydrogen) atoms. The largest absolute Gasteiger partial charge is 0.497 e. The van der Waals surface area contributed by atoms with Crippen LogP contribution in [-0.2, 0) is 9.53 Å². The molecule has 0 N–H and O–H groups in total. The van der Waals surface area contributed by atoms with Crippen LogP contribution in [0.2, 0.25) is 0 Å². The second-order valence-electron chi connectivity index (χ2n) is 5.82. The van der Waals surface area contributed by atoms with Gasteiger partial charge in [0.1, 0.15) is 11.0 Å². The highest BCUT2D eigenvalue weighted by atomic mass is 32.2. The van der Waals surface area contributed by atoms with Gasteiger partial charge in [0.05, 0.1) is 24.3 Å². The monoisotopic (exact) mass is 351 g/mol. The molecule has 3 aromatic rings. The molecule has 0 aliphatic carbocycles. The fourth-order valence-corrected chi connectivity index (χ4v) is 3.96. The molecule has 0 unspecified atom stereocenters. The fourth-order valence-electron chi connectivity index (χ4n) is 2.96. The number of aromatic nitrogens is 1. The molecule has 0 spiro atoms. The van der Waals surface area contributed by atoms with Gasteiger partial charge in [0.25, 0.3) is 0 Å². The SMILES string of the molecule is COc1ccc2c(-c3ccccc3)cc(S[C@@H]3CCOC3=O)nc2c1. The highest BCUT2D eigenvalue weighted by molar-refractivity contribution is 8.00. The third kappa shape index (κ3) is 3.20. The molecule has 2 heterocycles. The second kappa shape index (κ2) is 6.76. The van der Waals surface area contributed by atoms with Crippen molar-refractivity contribution >= 4 is 28.6 Å². The Morgan fingerprint density at radius 1 is 1.16 bits per heavy atom. The number of cyclic esters (lactones) is 1. The predicted octanol–water partition coefficient (Wildman–Crippen LogP) is 4.32. The lowest BCUT2D eigenvalue weighted by atomic mass is 10.0. The van der Waals surface area contributed by atoms with Crippen LogP contribution in [0.5, 0.6) is 5.75 Å². The summed E-state index contributed by atoms with van der Waals surface area (Å²) in [6.45, 7) is 0.490. The molecule has 1 aliphatic heterocycles. The number of pyridine rings is 1. The first-order valence-electron chi connectivity index (χ1n) is 8.12. The summed E-state index contributed by atoms with van der Waals surface area (Å²) in [4.78, 5) is 16.5. The van der Waals surface area contributed by atoms with Crippen molar-refractivity contribution in [3.05, 3.63) is 54.6 Å². The zero-order valence-electron chi connectivity index (χ0n) is 13.8. The van der Waals surface area contributed by atoms with Gasteiger partial charge in [-0.15, -0.1) is 0 Å². The van der Waals surface area contributed by atoms with Gasteiger partial charge in [-0.25, -0.2) is 4.98 Å². The topological polar surface area (TPSA) is 48.4 Å². The molecule has 2 aromatic carbocycles. The first kappa shape index (κ1) is 16.0. The van der Waals surface area contributed by atoms with Crippen molar-refractivity contribution in [3.8, 4) is 16.9 Å². The van der Waals surface area contributed by atoms with Crippen LogP contribution in [0.1, 0.15) is 6.42 Å². The zero-order valence-corrected chi connectivity index (χ0v) is 14.6. The maximum atomic E-state index is 11.8. The fraction of sp³-hybridized carbons (Fsp3) is 0.200. The Balaban J connectivity index is 1.84. The third-order valence-electron chi connectivity index (χ3n) is 4.23. The lowest BCUT2D eigenvalue weighted by Gasteiger charge is -2.12. The van der Waals surface area contributed by atoms with Crippen molar-refractivity contribution in [3.63, 3.8) is 0 Å². The minimum atomic E-state index is -0.181. The summed E-state index contributed by atoms with van der Waals surface area (Å²) in [6.07, 6.45) is 0.724. The van der Waals surface area contributed by atoms with Gasteiger partial charge in [-0.1, -0.05) is 42.1 Å². The summed E-state index contributed by atoms with van der Waals surface area (Å²) in [7, 11) is 1.65. The summed E-state index contributed by atoms with van der Waals surface area (Å²) in [5, 5.41) is 1.70. The van der Waals surface area contributed by atoms with Crippen LogP contribution in [0, 0.1) is 0 Å². The highest BCUT2D eigenvalue weighted by Gasteiger charge is 2.28. The standard InChI is InChI=1S/C20H17NO3S/c1-23-14-7-8-15-16(13-5-3-2-4-6-13)12-19(21-17(15)11-14)25-18-9-10-24-20(18)22/h2-8,11-12,18H,9-10H2,1H3/t18-/m1/s1. The number of thioether (sulfide) groups is 1. The average Bonchev–Trinajstić information content (AvgIpc) is 3.06. The molecule has 1 saturated heterocycles. The van der Waals surface area contributed by atoms with E-state index in [1.165, 1.54) is 11.8 Å². The number of benzene rings is 2. The first-order valence-corrected chi connectivity index (χ1v) is 9.00. The van der Waals surface area contributed by atoms with Crippen molar-refractivity contribution in [1.29, 1.82) is 0 Å². The van der Waals surface area contributed by atoms with Crippen molar-refractivity contribution in [1.82, 2.24) is 4.98 Å². The second-order valence-corrected chi connectivity index (χ2v) is 7.04. The van der Waals surface area contributed by atoms with Crippen LogP contribution in [-0.4, -0.2) is 29.9 Å². The number of hydrogen-bond donors (Lipinski definition) is 0. The summed E-state index contributed by atoms with van der Waals surface area (Å²) < 4.78 is 10.4. The maximum absolute atomic E-state index is 11.8. The van der Waals surface area contributed by atoms with Crippen molar-refractivity contribution in [2.75, 3.05) is 13.7 Å². The van der Waals surface area contributed by atoms with Crippen molar-refractivity contribution in [2.45, 2.75) is 16.7 Å². The van der Waals surface area contributed by atoms with Gasteiger partial charge < -0.3 is 9.47 Å². The summed E-state index contributed by atoms with van der Waals surface area (Å²) in [6, 6.07) is 18.2. The summed E-state index contributed by atoms with van der Waals surface area (Å²) >= 11 is 1.47. The van der Waals surface area contributed by atoms with Crippen LogP contribution in [0.25, 0.3) is 22.0 Å². The van der Waals surface area contributed by atoms with Gasteiger partial charge in [0.2, 0.25) is 0 Å². The first-order chi connectivity index (χ1) is 12.2. The molecule has 0 radical (unpaired) electrons. The van der Waals surface area contributed by atoms with Gasteiger partial charge >= 0.3 is 5.97 Å². The number of nitrogens with zero attached hydrogens (tertiary/aromatic N) is 1. The average molecular weight is 351 g/mol. The maximum Gasteiger partial charge on any atom is 0.319 e. The van der Waals surface area contributed by atoms with Gasteiger partial charge in [-0.2, -0.15) is 0 Å². The Kier molecular flexibility index (Phi) is 4.32. The molecular weight excluding hydrogens is 334 g/mol. The van der Waals surface area contributed by atoms with Gasteiger partial charge in [-0.05, 0) is 29.3 Å². The zero-order chi connectivity index (χ0) is 17.2. The number of fused-ring (bicyclic) bond motifs is 1. The Bertz CT molecular complexity index is 927. The van der Waals surface area contributed by atoms with Crippen molar-refractivity contribution in [2.24, 2.45) is 0 Å². The highest BCUT2D eigenvalue weighted by Crippen LogP contribution is 2.36. The minimum absolute atomic E-state index is 0.154. The summed E-state index contributed by atoms with van der Waals surface area (Å²) in [5.74, 6) is 0.611. The van der Waals surface area contributed by atoms with E-state index in [1.807, 2.05) is 36.4 Å². The van der Waals surface area contributed by atoms with Gasteiger partial charge in [0, 0.05) is 17.9 Å². The molecule has 1 fully saturated rings. The normalized spacial score (nSPS) is 16.8. The number of hydrogen-bond acceptors (Lipinski definition) is 5. The Morgan fingerprint density at radius 3 is 2.72 bits per heavy atom. The van der Waals surface area contributed by atoms with E-state index in [9.17, 15) is 4.79 Å². The summed E-state index contributed by atoms with van der Waals surface area (Å²) in [5.41, 5.74) is 3.08. The third-order valence-corrected chi connectivity index (χ3v) is 5.39. The molecule has 0 bridgehead atoms. The Labute approximate surface area is 150 Å². The van der Waals surface area contributed by atoms with Crippen LogP contribution in [0.3, 0.4) is 0 Å². The molecule has 1 atom stereocenters.